The summed E-state index contributed by atoms with van der Waals surface area (Å²) in [5.74, 6) is -0.692. The van der Waals surface area contributed by atoms with Gasteiger partial charge in [0, 0.05) is 25.1 Å². The van der Waals surface area contributed by atoms with Crippen molar-refractivity contribution in [2.45, 2.75) is 103 Å². The first-order chi connectivity index (χ1) is 13.6. The molecule has 4 heteroatoms. The molecule has 0 saturated carbocycles. The quantitative estimate of drug-likeness (QED) is 0.249. The van der Waals surface area contributed by atoms with Gasteiger partial charge in [0.25, 0.3) is 0 Å². The molecule has 0 radical (unpaired) electrons. The van der Waals surface area contributed by atoms with Crippen molar-refractivity contribution in [1.82, 2.24) is 4.90 Å². The minimum absolute atomic E-state index is 0.165. The summed E-state index contributed by atoms with van der Waals surface area (Å²) in [5.41, 5.74) is 0.435. The first kappa shape index (κ1) is 24.5. The fourth-order valence-electron chi connectivity index (χ4n) is 3.59. The normalized spacial score (nSPS) is 14.5. The lowest BCUT2D eigenvalue weighted by Crippen LogP contribution is -2.35. The molecule has 0 spiro atoms. The lowest BCUT2D eigenvalue weighted by molar-refractivity contribution is -0.135. The first-order valence-corrected chi connectivity index (χ1v) is 11.5. The van der Waals surface area contributed by atoms with Gasteiger partial charge in [-0.1, -0.05) is 76.5 Å². The lowest BCUT2D eigenvalue weighted by atomic mass is 10.1. The summed E-state index contributed by atoms with van der Waals surface area (Å²) in [7, 11) is 0. The molecule has 1 N–H and O–H groups in total. The van der Waals surface area contributed by atoms with Crippen LogP contribution >= 0.6 is 0 Å². The number of hydrogen-bond donors (Lipinski definition) is 1. The fraction of sp³-hybridized carbons (Fsp3) is 0.750. The van der Waals surface area contributed by atoms with Crippen molar-refractivity contribution in [2.24, 2.45) is 0 Å². The van der Waals surface area contributed by atoms with Gasteiger partial charge < -0.3 is 10.0 Å². The third-order valence-corrected chi connectivity index (χ3v) is 5.49. The molecule has 1 heterocycles. The molecule has 1 rings (SSSR count). The molecule has 4 nitrogen and oxygen atoms in total. The molecule has 0 bridgehead atoms. The van der Waals surface area contributed by atoms with E-state index in [-0.39, 0.29) is 5.91 Å². The standard InChI is InChI=1S/C24H41NO3/c1-2-3-4-5-6-7-8-9-10-11-12-13-14-15-16-17-23(26)25-20-18-22(19-21-25)24(27)28/h9-10,18H,2-8,11-17,19-21H2,1H3,(H,27,28). The van der Waals surface area contributed by atoms with E-state index in [4.69, 9.17) is 5.11 Å². The van der Waals surface area contributed by atoms with Gasteiger partial charge in [-0.25, -0.2) is 4.79 Å². The van der Waals surface area contributed by atoms with Gasteiger partial charge in [-0.05, 0) is 38.5 Å². The van der Waals surface area contributed by atoms with Gasteiger partial charge in [0.05, 0.1) is 0 Å². The van der Waals surface area contributed by atoms with Gasteiger partial charge in [0.2, 0.25) is 5.91 Å². The number of allylic oxidation sites excluding steroid dienone is 2. The van der Waals surface area contributed by atoms with Crippen molar-refractivity contribution >= 4 is 11.9 Å². The summed E-state index contributed by atoms with van der Waals surface area (Å²) < 4.78 is 0. The molecule has 0 atom stereocenters. The van der Waals surface area contributed by atoms with Crippen LogP contribution in [0.2, 0.25) is 0 Å². The Kier molecular flexibility index (Phi) is 14.3. The molecular formula is C24H41NO3. The van der Waals surface area contributed by atoms with Gasteiger partial charge in [-0.15, -0.1) is 0 Å². The smallest absolute Gasteiger partial charge is 0.331 e. The maximum Gasteiger partial charge on any atom is 0.331 e. The molecule has 0 aliphatic carbocycles. The van der Waals surface area contributed by atoms with E-state index in [1.54, 1.807) is 11.0 Å². The number of hydrogen-bond acceptors (Lipinski definition) is 2. The van der Waals surface area contributed by atoms with E-state index in [2.05, 4.69) is 19.1 Å². The second-order valence-corrected chi connectivity index (χ2v) is 7.96. The Morgan fingerprint density at radius 3 is 2.04 bits per heavy atom. The average Bonchev–Trinajstić information content (AvgIpc) is 2.70. The summed E-state index contributed by atoms with van der Waals surface area (Å²) >= 11 is 0. The number of aliphatic carboxylic acids is 1. The van der Waals surface area contributed by atoms with Crippen LogP contribution in [0.4, 0.5) is 0 Å². The molecule has 0 fully saturated rings. The Morgan fingerprint density at radius 1 is 0.929 bits per heavy atom. The predicted molar refractivity (Wildman–Crippen MR) is 116 cm³/mol. The molecule has 0 saturated heterocycles. The van der Waals surface area contributed by atoms with Crippen LogP contribution in [0, 0.1) is 0 Å². The van der Waals surface area contributed by atoms with Gasteiger partial charge >= 0.3 is 5.97 Å². The third-order valence-electron chi connectivity index (χ3n) is 5.49. The molecule has 1 aliphatic rings. The summed E-state index contributed by atoms with van der Waals surface area (Å²) in [6.45, 7) is 3.25. The van der Waals surface area contributed by atoms with E-state index in [1.165, 1.54) is 70.6 Å². The molecule has 1 amide bonds. The zero-order chi connectivity index (χ0) is 20.5. The molecule has 0 unspecified atom stereocenters. The Morgan fingerprint density at radius 2 is 1.50 bits per heavy atom. The van der Waals surface area contributed by atoms with Gasteiger partial charge in [0.1, 0.15) is 0 Å². The number of carbonyl (C=O) groups excluding carboxylic acids is 1. The summed E-state index contributed by atoms with van der Waals surface area (Å²) in [6.07, 6.45) is 23.8. The third kappa shape index (κ3) is 12.0. The van der Waals surface area contributed by atoms with E-state index in [0.717, 1.165) is 12.8 Å². The predicted octanol–water partition coefficient (Wildman–Crippen LogP) is 6.27. The van der Waals surface area contributed by atoms with Crippen LogP contribution < -0.4 is 0 Å². The van der Waals surface area contributed by atoms with Crippen molar-refractivity contribution < 1.29 is 14.7 Å². The number of nitrogens with zero attached hydrogens (tertiary/aromatic N) is 1. The minimum atomic E-state index is -0.857. The van der Waals surface area contributed by atoms with E-state index in [1.807, 2.05) is 0 Å². The van der Waals surface area contributed by atoms with Crippen LogP contribution in [-0.2, 0) is 9.59 Å². The molecular weight excluding hydrogens is 350 g/mol. The van der Waals surface area contributed by atoms with E-state index < -0.39 is 5.97 Å². The average molecular weight is 392 g/mol. The number of carbonyl (C=O) groups is 2. The lowest BCUT2D eigenvalue weighted by Gasteiger charge is -2.25. The number of unbranched alkanes of at least 4 members (excludes halogenated alkanes) is 11. The van der Waals surface area contributed by atoms with Crippen LogP contribution in [0.3, 0.4) is 0 Å². The Hall–Kier alpha value is -1.58. The number of carboxylic acid groups (broad SMARTS) is 1. The Bertz CT molecular complexity index is 496. The number of carboxylic acids is 1. The summed E-state index contributed by atoms with van der Waals surface area (Å²) in [5, 5.41) is 8.94. The maximum atomic E-state index is 12.1. The highest BCUT2D eigenvalue weighted by Crippen LogP contribution is 2.14. The minimum Gasteiger partial charge on any atom is -0.478 e. The Balaban J connectivity index is 1.89. The maximum absolute atomic E-state index is 12.1. The highest BCUT2D eigenvalue weighted by molar-refractivity contribution is 5.87. The van der Waals surface area contributed by atoms with Crippen molar-refractivity contribution in [3.05, 3.63) is 23.8 Å². The second kappa shape index (κ2) is 16.4. The molecule has 160 valence electrons. The van der Waals surface area contributed by atoms with Crippen LogP contribution in [0.1, 0.15) is 103 Å². The second-order valence-electron chi connectivity index (χ2n) is 7.96. The molecule has 0 aromatic carbocycles. The topological polar surface area (TPSA) is 57.6 Å². The van der Waals surface area contributed by atoms with Crippen LogP contribution in [0.5, 0.6) is 0 Å². The number of amides is 1. The highest BCUT2D eigenvalue weighted by Gasteiger charge is 2.19. The van der Waals surface area contributed by atoms with Crippen molar-refractivity contribution in [3.63, 3.8) is 0 Å². The molecule has 0 aromatic heterocycles. The largest absolute Gasteiger partial charge is 0.478 e. The Labute approximate surface area is 172 Å². The van der Waals surface area contributed by atoms with Gasteiger partial charge in [-0.3, -0.25) is 4.79 Å². The first-order valence-electron chi connectivity index (χ1n) is 11.5. The summed E-state index contributed by atoms with van der Waals surface area (Å²) in [4.78, 5) is 24.8. The molecule has 1 aliphatic heterocycles. The SMILES string of the molecule is CCCCCCCCC=CCCCCCCCC(=O)N1CC=C(C(=O)O)CC1. The van der Waals surface area contributed by atoms with E-state index >= 15 is 0 Å². The summed E-state index contributed by atoms with van der Waals surface area (Å²) in [6, 6.07) is 0. The zero-order valence-electron chi connectivity index (χ0n) is 18.0. The fourth-order valence-corrected chi connectivity index (χ4v) is 3.59. The van der Waals surface area contributed by atoms with Gasteiger partial charge in [-0.2, -0.15) is 0 Å². The molecule has 0 aromatic rings. The van der Waals surface area contributed by atoms with E-state index in [0.29, 0.717) is 31.5 Å². The number of rotatable bonds is 16. The van der Waals surface area contributed by atoms with E-state index in [9.17, 15) is 9.59 Å². The molecule has 28 heavy (non-hydrogen) atoms. The van der Waals surface area contributed by atoms with Crippen molar-refractivity contribution in [3.8, 4) is 0 Å². The van der Waals surface area contributed by atoms with Crippen LogP contribution in [0.15, 0.2) is 23.8 Å². The van der Waals surface area contributed by atoms with Crippen molar-refractivity contribution in [1.29, 1.82) is 0 Å². The highest BCUT2D eigenvalue weighted by atomic mass is 16.4. The van der Waals surface area contributed by atoms with Crippen molar-refractivity contribution in [2.75, 3.05) is 13.1 Å². The monoisotopic (exact) mass is 391 g/mol. The van der Waals surface area contributed by atoms with Crippen LogP contribution in [-0.4, -0.2) is 35.0 Å². The van der Waals surface area contributed by atoms with Crippen LogP contribution in [0.25, 0.3) is 0 Å². The van der Waals surface area contributed by atoms with Gasteiger partial charge in [0.15, 0.2) is 0 Å². The zero-order valence-corrected chi connectivity index (χ0v) is 18.0.